The van der Waals surface area contributed by atoms with Gasteiger partial charge in [-0.1, -0.05) is 219 Å². The Bertz CT molecular complexity index is 1560. The molecule has 79 heavy (non-hydrogen) atoms. The quantitative estimate of drug-likeness (QED) is 0.0119. The molecule has 2 aliphatic heterocycles. The Morgan fingerprint density at radius 2 is 0.987 bits per heavy atom. The van der Waals surface area contributed by atoms with Crippen LogP contribution in [0.2, 0.25) is 0 Å². The van der Waals surface area contributed by atoms with E-state index >= 15 is 0 Å². The summed E-state index contributed by atoms with van der Waals surface area (Å²) < 4.78 is 46.1. The van der Waals surface area contributed by atoms with Gasteiger partial charge in [0.2, 0.25) is 5.91 Å². The first kappa shape index (κ1) is 73.9. The first-order chi connectivity index (χ1) is 37.8. The molecule has 0 aromatic heterocycles. The van der Waals surface area contributed by atoms with Crippen LogP contribution in [0.1, 0.15) is 233 Å². The van der Waals surface area contributed by atoms with Gasteiger partial charge >= 0.3 is 7.82 Å². The molecule has 0 aliphatic carbocycles. The van der Waals surface area contributed by atoms with E-state index in [1.165, 1.54) is 154 Å². The third kappa shape index (κ3) is 35.7. The van der Waals surface area contributed by atoms with Gasteiger partial charge in [-0.2, -0.15) is 0 Å². The van der Waals surface area contributed by atoms with Gasteiger partial charge in [-0.05, 0) is 25.2 Å². The van der Waals surface area contributed by atoms with Crippen molar-refractivity contribution in [2.75, 3.05) is 54.1 Å². The largest absolute Gasteiger partial charge is 0.472 e. The van der Waals surface area contributed by atoms with E-state index in [1.54, 1.807) is 6.08 Å². The van der Waals surface area contributed by atoms with Crippen LogP contribution in [0.25, 0.3) is 0 Å². The lowest BCUT2D eigenvalue weighted by Gasteiger charge is -2.43. The molecule has 468 valence electrons. The third-order valence-electron chi connectivity index (χ3n) is 15.4. The molecule has 13 atom stereocenters. The van der Waals surface area contributed by atoms with Crippen LogP contribution in [0.15, 0.2) is 12.2 Å². The topological polar surface area (TPSA) is 263 Å². The fourth-order valence-corrected chi connectivity index (χ4v) is 10.8. The lowest BCUT2D eigenvalue weighted by molar-refractivity contribution is -0.870. The summed E-state index contributed by atoms with van der Waals surface area (Å²) >= 11 is 0. The molecule has 0 radical (unpaired) electrons. The minimum Gasteiger partial charge on any atom is -0.387 e. The van der Waals surface area contributed by atoms with E-state index in [0.717, 1.165) is 50.9 Å². The Hall–Kier alpha value is -1.16. The van der Waals surface area contributed by atoms with Crippen molar-refractivity contribution in [1.82, 2.24) is 5.32 Å². The molecular weight excluding hydrogens is 1040 g/mol. The number of aliphatic hydroxyl groups is 7. The van der Waals surface area contributed by atoms with E-state index in [2.05, 4.69) is 26.1 Å². The molecule has 0 aromatic carbocycles. The van der Waals surface area contributed by atoms with Crippen LogP contribution in [0.5, 0.6) is 0 Å². The summed E-state index contributed by atoms with van der Waals surface area (Å²) in [5.74, 6) is 0.505. The van der Waals surface area contributed by atoms with Crippen molar-refractivity contribution >= 4 is 13.7 Å². The van der Waals surface area contributed by atoms with E-state index in [0.29, 0.717) is 17.4 Å². The van der Waals surface area contributed by atoms with Crippen LogP contribution in [0, 0.1) is 5.92 Å². The number of ether oxygens (including phenoxy) is 4. The number of phosphoric ester groups is 1. The fourth-order valence-electron chi connectivity index (χ4n) is 10.1. The van der Waals surface area contributed by atoms with Crippen molar-refractivity contribution in [3.63, 3.8) is 0 Å². The summed E-state index contributed by atoms with van der Waals surface area (Å²) in [7, 11) is 0.995. The number of hydrogen-bond acceptors (Lipinski definition) is 15. The van der Waals surface area contributed by atoms with Gasteiger partial charge in [-0.3, -0.25) is 13.8 Å². The molecule has 1 amide bonds. The average molecular weight is 1150 g/mol. The number of carbonyl (C=O) groups excluding carboxylic acids is 1. The first-order valence-electron chi connectivity index (χ1n) is 31.4. The minimum atomic E-state index is -4.61. The number of likely N-dealkylation sites (N-methyl/N-ethyl adjacent to an activating group) is 1. The zero-order valence-electron chi connectivity index (χ0n) is 50.3. The molecule has 1 unspecified atom stereocenters. The van der Waals surface area contributed by atoms with Crippen molar-refractivity contribution in [2.45, 2.75) is 306 Å². The number of aliphatic hydroxyl groups excluding tert-OH is 7. The number of hydrogen-bond donors (Lipinski definition) is 9. The minimum absolute atomic E-state index is 0.112. The lowest BCUT2D eigenvalue weighted by Crippen LogP contribution is -2.62. The molecule has 2 rings (SSSR count). The fraction of sp³-hybridized carbons (Fsp3) is 0.950. The number of amides is 1. The molecule has 2 aliphatic rings. The molecule has 18 nitrogen and oxygen atoms in total. The SMILES string of the molecule is CCCCCCCCCCCCCCCCCCCCCCCC(=O)N[C@@H](CO[C@@H]1O[C@H](CO[C@@H]2O[C@H](COP(=O)(O)OCC[N+](C)(C)C)[C@H](O)[C@H](O)[C@H]2O)[C@H](O)[C@H](O)[C@H]1O)[C@H](O)/C=C/CCCCCCCCCCCC(C)C. The van der Waals surface area contributed by atoms with Crippen LogP contribution in [-0.2, 0) is 37.4 Å². The Balaban J connectivity index is 1.87. The van der Waals surface area contributed by atoms with Gasteiger partial charge in [-0.15, -0.1) is 0 Å². The summed E-state index contributed by atoms with van der Waals surface area (Å²) in [6.45, 7) is 5.42. The molecule has 0 aromatic rings. The predicted molar refractivity (Wildman–Crippen MR) is 310 cm³/mol. The van der Waals surface area contributed by atoms with Crippen molar-refractivity contribution in [3.05, 3.63) is 12.2 Å². The second kappa shape index (κ2) is 44.3. The Morgan fingerprint density at radius 1 is 0.570 bits per heavy atom. The molecule has 0 saturated carbocycles. The van der Waals surface area contributed by atoms with Gasteiger partial charge < -0.3 is 69.4 Å². The number of nitrogens with one attached hydrogen (secondary N) is 1. The number of phosphoric acid groups is 1. The highest BCUT2D eigenvalue weighted by atomic mass is 31.2. The zero-order chi connectivity index (χ0) is 58.3. The lowest BCUT2D eigenvalue weighted by atomic mass is 9.98. The number of carbonyl (C=O) groups is 1. The van der Waals surface area contributed by atoms with Crippen LogP contribution in [0.3, 0.4) is 0 Å². The van der Waals surface area contributed by atoms with Crippen LogP contribution in [0.4, 0.5) is 0 Å². The van der Waals surface area contributed by atoms with Crippen molar-refractivity contribution in [1.29, 1.82) is 0 Å². The number of quaternary nitrogens is 1. The van der Waals surface area contributed by atoms with E-state index in [1.807, 2.05) is 27.2 Å². The van der Waals surface area contributed by atoms with Crippen LogP contribution < -0.4 is 5.32 Å². The summed E-state index contributed by atoms with van der Waals surface area (Å²) in [4.78, 5) is 23.5. The monoisotopic (exact) mass is 1150 g/mol. The molecule has 2 heterocycles. The highest BCUT2D eigenvalue weighted by molar-refractivity contribution is 7.47. The molecule has 0 bridgehead atoms. The smallest absolute Gasteiger partial charge is 0.387 e. The number of allylic oxidation sites excluding steroid dienone is 1. The van der Waals surface area contributed by atoms with E-state index in [4.69, 9.17) is 28.0 Å². The van der Waals surface area contributed by atoms with Crippen LogP contribution >= 0.6 is 7.82 Å². The third-order valence-corrected chi connectivity index (χ3v) is 16.4. The van der Waals surface area contributed by atoms with E-state index < -0.39 is 94.6 Å². The molecule has 0 spiro atoms. The summed E-state index contributed by atoms with van der Waals surface area (Å²) in [5, 5.41) is 78.9. The maximum Gasteiger partial charge on any atom is 0.472 e. The van der Waals surface area contributed by atoms with Gasteiger partial charge in [0, 0.05) is 6.42 Å². The van der Waals surface area contributed by atoms with E-state index in [-0.39, 0.29) is 25.5 Å². The Labute approximate surface area is 478 Å². The average Bonchev–Trinajstić information content (AvgIpc) is 3.41. The normalized spacial score (nSPS) is 25.5. The zero-order valence-corrected chi connectivity index (χ0v) is 51.2. The van der Waals surface area contributed by atoms with Gasteiger partial charge in [0.1, 0.15) is 62.0 Å². The highest BCUT2D eigenvalue weighted by Crippen LogP contribution is 2.44. The maximum atomic E-state index is 13.3. The second-order valence-corrected chi connectivity index (χ2v) is 25.8. The van der Waals surface area contributed by atoms with Crippen LogP contribution in [-0.4, -0.2) is 179 Å². The van der Waals surface area contributed by atoms with Crippen molar-refractivity contribution in [2.24, 2.45) is 5.92 Å². The molecule has 19 heteroatoms. The molecule has 9 N–H and O–H groups in total. The Morgan fingerprint density at radius 3 is 1.44 bits per heavy atom. The Kier molecular flexibility index (Phi) is 41.5. The number of unbranched alkanes of at least 4 members (excludes halogenated alkanes) is 29. The standard InChI is InChI=1S/C60H117N2O16P/c1-7-8-9-10-11-12-13-14-15-16-17-18-19-20-21-22-26-29-32-35-38-41-52(64)61-48(49(63)40-37-34-31-28-25-23-24-27-30-33-36-39-47(2)3)44-73-59-57(69)55(67)53(65)50(77-59)45-74-60-58(70)56(68)54(66)51(78-60)46-76-79(71,72)75-43-42-62(4,5)6/h37,40,47-51,53-60,63,65-70H,7-36,38-39,41-46H2,1-6H3,(H-,61,64,71,72)/p+1/b40-37+/t48-,49+,50+,51+,53-,54-,55-,56-,57+,58+,59+,60+/m0/s1. The molecule has 2 saturated heterocycles. The van der Waals surface area contributed by atoms with Crippen molar-refractivity contribution in [3.8, 4) is 0 Å². The highest BCUT2D eigenvalue weighted by Gasteiger charge is 2.48. The first-order valence-corrected chi connectivity index (χ1v) is 32.9. The van der Waals surface area contributed by atoms with E-state index in [9.17, 15) is 50.0 Å². The van der Waals surface area contributed by atoms with Crippen molar-refractivity contribution < 1.29 is 82.5 Å². The summed E-state index contributed by atoms with van der Waals surface area (Å²) in [5.41, 5.74) is 0. The molecule has 2 fully saturated rings. The number of rotatable bonds is 50. The van der Waals surface area contributed by atoms with Gasteiger partial charge in [0.15, 0.2) is 12.6 Å². The van der Waals surface area contributed by atoms with Gasteiger partial charge in [0.25, 0.3) is 0 Å². The number of nitrogens with zero attached hydrogens (tertiary/aromatic N) is 1. The maximum absolute atomic E-state index is 13.3. The van der Waals surface area contributed by atoms with Gasteiger partial charge in [0.05, 0.1) is 53.1 Å². The molecular formula is C60H118N2O16P+. The predicted octanol–water partition coefficient (Wildman–Crippen LogP) is 9.43. The summed E-state index contributed by atoms with van der Waals surface area (Å²) in [6, 6.07) is -0.955. The van der Waals surface area contributed by atoms with Gasteiger partial charge in [-0.25, -0.2) is 4.57 Å². The summed E-state index contributed by atoms with van der Waals surface area (Å²) in [6.07, 6.45) is 25.3. The second-order valence-electron chi connectivity index (χ2n) is 24.4.